The molecule has 1 aromatic carbocycles. The molecule has 72 valence electrons. The molecule has 0 unspecified atom stereocenters. The van der Waals surface area contributed by atoms with Gasteiger partial charge in [-0.05, 0) is 28.1 Å². The fourth-order valence-corrected chi connectivity index (χ4v) is 1.62. The SMILES string of the molecule is O=c1[nH]c2cc(Cl)c(Br)cc2[nH]c1=O. The number of rotatable bonds is 0. The van der Waals surface area contributed by atoms with Crippen molar-refractivity contribution in [3.8, 4) is 0 Å². The highest BCUT2D eigenvalue weighted by Gasteiger charge is 2.03. The van der Waals surface area contributed by atoms with E-state index < -0.39 is 11.1 Å². The Morgan fingerprint density at radius 3 is 2.14 bits per heavy atom. The highest BCUT2D eigenvalue weighted by molar-refractivity contribution is 9.10. The van der Waals surface area contributed by atoms with Crippen LogP contribution >= 0.6 is 27.5 Å². The normalized spacial score (nSPS) is 10.7. The molecule has 2 aromatic rings. The Hall–Kier alpha value is -1.07. The van der Waals surface area contributed by atoms with Gasteiger partial charge in [0.1, 0.15) is 0 Å². The van der Waals surface area contributed by atoms with E-state index >= 15 is 0 Å². The molecule has 0 bridgehead atoms. The van der Waals surface area contributed by atoms with Crippen LogP contribution in [0.4, 0.5) is 0 Å². The third-order valence-corrected chi connectivity index (χ3v) is 2.96. The maximum atomic E-state index is 11.0. The summed E-state index contributed by atoms with van der Waals surface area (Å²) in [6, 6.07) is 3.20. The van der Waals surface area contributed by atoms with E-state index in [1.807, 2.05) is 0 Å². The van der Waals surface area contributed by atoms with Gasteiger partial charge in [0.05, 0.1) is 16.1 Å². The molecular formula is C8H4BrClN2O2. The number of benzene rings is 1. The van der Waals surface area contributed by atoms with E-state index in [4.69, 9.17) is 11.6 Å². The number of halogens is 2. The van der Waals surface area contributed by atoms with Crippen LogP contribution in [0, 0.1) is 0 Å². The van der Waals surface area contributed by atoms with Crippen molar-refractivity contribution in [2.24, 2.45) is 0 Å². The zero-order valence-corrected chi connectivity index (χ0v) is 9.07. The summed E-state index contributed by atoms with van der Waals surface area (Å²) in [4.78, 5) is 26.8. The van der Waals surface area contributed by atoms with Crippen LogP contribution in [0.1, 0.15) is 0 Å². The summed E-state index contributed by atoms with van der Waals surface area (Å²) < 4.78 is 0.661. The van der Waals surface area contributed by atoms with Crippen LogP contribution < -0.4 is 11.1 Å². The fourth-order valence-electron chi connectivity index (χ4n) is 1.11. The molecule has 0 aliphatic carbocycles. The number of aromatic nitrogens is 2. The minimum Gasteiger partial charge on any atom is -0.316 e. The zero-order chi connectivity index (χ0) is 10.3. The Bertz CT molecular complexity index is 562. The predicted molar refractivity (Wildman–Crippen MR) is 57.9 cm³/mol. The first-order valence-electron chi connectivity index (χ1n) is 3.69. The number of hydrogen-bond acceptors (Lipinski definition) is 2. The number of fused-ring (bicyclic) bond motifs is 1. The molecule has 0 radical (unpaired) electrons. The minimum absolute atomic E-state index is 0.472. The maximum absolute atomic E-state index is 11.0. The van der Waals surface area contributed by atoms with Crippen LogP contribution in [0.25, 0.3) is 11.0 Å². The van der Waals surface area contributed by atoms with Crippen molar-refractivity contribution < 1.29 is 0 Å². The second-order valence-electron chi connectivity index (χ2n) is 2.72. The Morgan fingerprint density at radius 1 is 1.07 bits per heavy atom. The molecule has 0 saturated heterocycles. The van der Waals surface area contributed by atoms with Crippen molar-refractivity contribution in [1.82, 2.24) is 9.97 Å². The number of H-pyrrole nitrogens is 2. The second-order valence-corrected chi connectivity index (χ2v) is 3.98. The maximum Gasteiger partial charge on any atom is 0.314 e. The third kappa shape index (κ3) is 1.49. The summed E-state index contributed by atoms with van der Waals surface area (Å²) in [6.07, 6.45) is 0. The Balaban J connectivity index is 2.97. The highest BCUT2D eigenvalue weighted by atomic mass is 79.9. The summed E-state index contributed by atoms with van der Waals surface area (Å²) in [5, 5.41) is 0.472. The van der Waals surface area contributed by atoms with E-state index in [2.05, 4.69) is 25.9 Å². The van der Waals surface area contributed by atoms with Gasteiger partial charge in [0, 0.05) is 4.47 Å². The van der Waals surface area contributed by atoms with Crippen molar-refractivity contribution in [3.63, 3.8) is 0 Å². The molecule has 0 amide bonds. The van der Waals surface area contributed by atoms with Crippen molar-refractivity contribution in [2.45, 2.75) is 0 Å². The monoisotopic (exact) mass is 274 g/mol. The van der Waals surface area contributed by atoms with E-state index in [-0.39, 0.29) is 0 Å². The quantitative estimate of drug-likeness (QED) is 0.718. The lowest BCUT2D eigenvalue weighted by atomic mass is 10.3. The molecule has 6 heteroatoms. The smallest absolute Gasteiger partial charge is 0.314 e. The van der Waals surface area contributed by atoms with Crippen LogP contribution in [0.3, 0.4) is 0 Å². The molecule has 1 aromatic heterocycles. The second kappa shape index (κ2) is 3.25. The van der Waals surface area contributed by atoms with Gasteiger partial charge in [0.15, 0.2) is 0 Å². The Kier molecular flexibility index (Phi) is 2.20. The van der Waals surface area contributed by atoms with Gasteiger partial charge in [-0.3, -0.25) is 9.59 Å². The fraction of sp³-hybridized carbons (Fsp3) is 0. The molecule has 0 saturated carbocycles. The molecule has 0 atom stereocenters. The van der Waals surface area contributed by atoms with Gasteiger partial charge in [0.25, 0.3) is 0 Å². The first kappa shape index (κ1) is 9.48. The number of aromatic amines is 2. The molecule has 2 rings (SSSR count). The van der Waals surface area contributed by atoms with Gasteiger partial charge in [-0.1, -0.05) is 11.6 Å². The number of nitrogens with one attached hydrogen (secondary N) is 2. The lowest BCUT2D eigenvalue weighted by Gasteiger charge is -1.99. The minimum atomic E-state index is -0.684. The largest absolute Gasteiger partial charge is 0.316 e. The van der Waals surface area contributed by atoms with Crippen molar-refractivity contribution in [2.75, 3.05) is 0 Å². The molecule has 0 aliphatic heterocycles. The zero-order valence-electron chi connectivity index (χ0n) is 6.73. The van der Waals surface area contributed by atoms with Crippen molar-refractivity contribution in [1.29, 1.82) is 0 Å². The molecule has 0 fully saturated rings. The lowest BCUT2D eigenvalue weighted by molar-refractivity contribution is 1.15. The van der Waals surface area contributed by atoms with Gasteiger partial charge in [-0.2, -0.15) is 0 Å². The van der Waals surface area contributed by atoms with Gasteiger partial charge in [0.2, 0.25) is 0 Å². The summed E-state index contributed by atoms with van der Waals surface area (Å²) >= 11 is 9.03. The summed E-state index contributed by atoms with van der Waals surface area (Å²) in [7, 11) is 0. The standard InChI is InChI=1S/C8H4BrClN2O2/c9-3-1-5-6(2-4(3)10)12-8(14)7(13)11-5/h1-2H,(H,11,13)(H,12,14). The highest BCUT2D eigenvalue weighted by Crippen LogP contribution is 2.25. The van der Waals surface area contributed by atoms with Crippen LogP contribution in [0.15, 0.2) is 26.2 Å². The van der Waals surface area contributed by atoms with Gasteiger partial charge >= 0.3 is 11.1 Å². The topological polar surface area (TPSA) is 65.7 Å². The average Bonchev–Trinajstić information content (AvgIpc) is 2.11. The molecule has 0 spiro atoms. The summed E-state index contributed by atoms with van der Waals surface area (Å²) in [6.45, 7) is 0. The van der Waals surface area contributed by atoms with E-state index in [1.54, 1.807) is 12.1 Å². The molecule has 0 aliphatic rings. The van der Waals surface area contributed by atoms with Gasteiger partial charge < -0.3 is 9.97 Å². The van der Waals surface area contributed by atoms with E-state index in [9.17, 15) is 9.59 Å². The van der Waals surface area contributed by atoms with Crippen LogP contribution in [0.2, 0.25) is 5.02 Å². The molecule has 1 heterocycles. The first-order valence-corrected chi connectivity index (χ1v) is 4.86. The molecular weight excluding hydrogens is 271 g/mol. The predicted octanol–water partition coefficient (Wildman–Crippen LogP) is 1.63. The van der Waals surface area contributed by atoms with Crippen molar-refractivity contribution >= 4 is 38.6 Å². The summed E-state index contributed by atoms with van der Waals surface area (Å²) in [5.41, 5.74) is -0.323. The van der Waals surface area contributed by atoms with Crippen LogP contribution in [0.5, 0.6) is 0 Å². The average molecular weight is 275 g/mol. The van der Waals surface area contributed by atoms with Crippen molar-refractivity contribution in [3.05, 3.63) is 42.3 Å². The van der Waals surface area contributed by atoms with Gasteiger partial charge in [-0.25, -0.2) is 0 Å². The molecule has 14 heavy (non-hydrogen) atoms. The number of hydrogen-bond donors (Lipinski definition) is 2. The molecule has 4 nitrogen and oxygen atoms in total. The summed E-state index contributed by atoms with van der Waals surface area (Å²) in [5.74, 6) is 0. The van der Waals surface area contributed by atoms with Gasteiger partial charge in [-0.15, -0.1) is 0 Å². The lowest BCUT2D eigenvalue weighted by Crippen LogP contribution is -2.28. The first-order chi connectivity index (χ1) is 6.58. The molecule has 2 N–H and O–H groups in total. The third-order valence-electron chi connectivity index (χ3n) is 1.76. The van der Waals surface area contributed by atoms with E-state index in [1.165, 1.54) is 0 Å². The Labute approximate surface area is 91.0 Å². The van der Waals surface area contributed by atoms with E-state index in [0.717, 1.165) is 0 Å². The van der Waals surface area contributed by atoms with Crippen LogP contribution in [-0.2, 0) is 0 Å². The van der Waals surface area contributed by atoms with Crippen LogP contribution in [-0.4, -0.2) is 9.97 Å². The Morgan fingerprint density at radius 2 is 1.57 bits per heavy atom. The van der Waals surface area contributed by atoms with E-state index in [0.29, 0.717) is 20.5 Å².